The molecule has 3 N–H and O–H groups in total. The monoisotopic (exact) mass is 365 g/mol. The molecular formula is C19H28ClN3O2. The summed E-state index contributed by atoms with van der Waals surface area (Å²) in [5, 5.41) is 2.96. The van der Waals surface area contributed by atoms with Crippen molar-refractivity contribution in [3.63, 3.8) is 0 Å². The van der Waals surface area contributed by atoms with Crippen molar-refractivity contribution in [2.24, 2.45) is 11.7 Å². The predicted molar refractivity (Wildman–Crippen MR) is 102 cm³/mol. The molecule has 1 aromatic rings. The van der Waals surface area contributed by atoms with Crippen LogP contribution in [-0.2, 0) is 16.0 Å². The van der Waals surface area contributed by atoms with Gasteiger partial charge in [-0.2, -0.15) is 0 Å². The van der Waals surface area contributed by atoms with E-state index in [0.29, 0.717) is 19.3 Å². The Morgan fingerprint density at radius 1 is 1.36 bits per heavy atom. The molecule has 1 aromatic carbocycles. The number of fused-ring (bicyclic) bond motifs is 1. The lowest BCUT2D eigenvalue weighted by atomic mass is 9.89. The molecule has 2 aliphatic heterocycles. The predicted octanol–water partition coefficient (Wildman–Crippen LogP) is 2.73. The number of para-hydroxylation sites is 1. The summed E-state index contributed by atoms with van der Waals surface area (Å²) in [5.74, 6) is 0.0509. The minimum absolute atomic E-state index is 0. The summed E-state index contributed by atoms with van der Waals surface area (Å²) in [6, 6.07) is 8.02. The number of amides is 2. The minimum atomic E-state index is -0.123. The Hall–Kier alpha value is -1.59. The van der Waals surface area contributed by atoms with Crippen molar-refractivity contribution < 1.29 is 9.59 Å². The second-order valence-corrected chi connectivity index (χ2v) is 7.10. The second kappa shape index (κ2) is 8.68. The number of benzene rings is 1. The highest BCUT2D eigenvalue weighted by atomic mass is 35.5. The van der Waals surface area contributed by atoms with Crippen LogP contribution in [0.1, 0.15) is 44.6 Å². The topological polar surface area (TPSA) is 75.4 Å². The maximum Gasteiger partial charge on any atom is 0.227 e. The van der Waals surface area contributed by atoms with Crippen molar-refractivity contribution in [1.29, 1.82) is 0 Å². The summed E-state index contributed by atoms with van der Waals surface area (Å²) in [6.45, 7) is 2.77. The quantitative estimate of drug-likeness (QED) is 0.861. The second-order valence-electron chi connectivity index (χ2n) is 7.10. The third-order valence-corrected chi connectivity index (χ3v) is 5.30. The van der Waals surface area contributed by atoms with Gasteiger partial charge in [-0.3, -0.25) is 9.59 Å². The van der Waals surface area contributed by atoms with Crippen molar-refractivity contribution in [3.05, 3.63) is 29.8 Å². The molecule has 5 nitrogen and oxygen atoms in total. The van der Waals surface area contributed by atoms with Crippen molar-refractivity contribution in [3.8, 4) is 0 Å². The molecule has 2 aliphatic rings. The van der Waals surface area contributed by atoms with Crippen molar-refractivity contribution >= 4 is 29.9 Å². The average Bonchev–Trinajstić information content (AvgIpc) is 2.59. The molecule has 0 spiro atoms. The zero-order valence-corrected chi connectivity index (χ0v) is 15.6. The van der Waals surface area contributed by atoms with Crippen LogP contribution in [0, 0.1) is 5.92 Å². The summed E-state index contributed by atoms with van der Waals surface area (Å²) >= 11 is 0. The Morgan fingerprint density at radius 3 is 2.88 bits per heavy atom. The summed E-state index contributed by atoms with van der Waals surface area (Å²) in [7, 11) is 0. The van der Waals surface area contributed by atoms with Gasteiger partial charge >= 0.3 is 0 Å². The van der Waals surface area contributed by atoms with E-state index in [0.717, 1.165) is 37.1 Å². The fraction of sp³-hybridized carbons (Fsp3) is 0.579. The number of piperidine rings is 1. The van der Waals surface area contributed by atoms with Crippen LogP contribution in [0.25, 0.3) is 0 Å². The van der Waals surface area contributed by atoms with Gasteiger partial charge in [0.05, 0.1) is 0 Å². The first-order valence-electron chi connectivity index (χ1n) is 9.00. The number of carbonyl (C=O) groups is 2. The first-order valence-corrected chi connectivity index (χ1v) is 9.00. The summed E-state index contributed by atoms with van der Waals surface area (Å²) in [6.07, 6.45) is 4.90. The molecule has 138 valence electrons. The van der Waals surface area contributed by atoms with Crippen LogP contribution >= 0.6 is 12.4 Å². The first kappa shape index (κ1) is 19.7. The van der Waals surface area contributed by atoms with Crippen LogP contribution in [0.5, 0.6) is 0 Å². The van der Waals surface area contributed by atoms with Gasteiger partial charge in [0.15, 0.2) is 0 Å². The fourth-order valence-corrected chi connectivity index (χ4v) is 3.90. The van der Waals surface area contributed by atoms with Crippen LogP contribution in [-0.4, -0.2) is 35.3 Å². The van der Waals surface area contributed by atoms with E-state index < -0.39 is 0 Å². The number of carbonyl (C=O) groups excluding carboxylic acids is 2. The number of hydrogen-bond acceptors (Lipinski definition) is 3. The molecule has 3 unspecified atom stereocenters. The molecule has 0 radical (unpaired) electrons. The van der Waals surface area contributed by atoms with Gasteiger partial charge in [0.1, 0.15) is 0 Å². The highest BCUT2D eigenvalue weighted by Gasteiger charge is 2.31. The standard InChI is InChI=1S/C19H27N3O2.ClH/c1-13(20)17-8-4-5-11-22(17)18(23)10-9-15-12-14-6-2-3-7-16(14)21-19(15)24;/h2-3,6-7,13,15,17H,4-5,8-12,20H2,1H3,(H,21,24);1H. The van der Waals surface area contributed by atoms with Crippen LogP contribution < -0.4 is 11.1 Å². The lowest BCUT2D eigenvalue weighted by Crippen LogP contribution is -2.51. The molecule has 3 rings (SSSR count). The van der Waals surface area contributed by atoms with E-state index in [4.69, 9.17) is 5.73 Å². The van der Waals surface area contributed by atoms with Gasteiger partial charge in [-0.15, -0.1) is 12.4 Å². The van der Waals surface area contributed by atoms with Gasteiger partial charge in [0.25, 0.3) is 0 Å². The highest BCUT2D eigenvalue weighted by molar-refractivity contribution is 5.96. The molecule has 6 heteroatoms. The number of anilines is 1. The Morgan fingerprint density at radius 2 is 2.12 bits per heavy atom. The number of rotatable bonds is 4. The van der Waals surface area contributed by atoms with Crippen molar-refractivity contribution in [1.82, 2.24) is 4.90 Å². The zero-order chi connectivity index (χ0) is 17.1. The molecule has 3 atom stereocenters. The van der Waals surface area contributed by atoms with E-state index in [2.05, 4.69) is 5.32 Å². The van der Waals surface area contributed by atoms with Crippen molar-refractivity contribution in [2.45, 2.75) is 57.5 Å². The summed E-state index contributed by atoms with van der Waals surface area (Å²) in [4.78, 5) is 26.9. The number of hydrogen-bond donors (Lipinski definition) is 2. The molecule has 25 heavy (non-hydrogen) atoms. The largest absolute Gasteiger partial charge is 0.338 e. The molecule has 0 aromatic heterocycles. The molecule has 2 amide bonds. The van der Waals surface area contributed by atoms with Crippen LogP contribution in [0.2, 0.25) is 0 Å². The number of halogens is 1. The van der Waals surface area contributed by atoms with Crippen LogP contribution in [0.4, 0.5) is 5.69 Å². The fourth-order valence-electron chi connectivity index (χ4n) is 3.90. The third kappa shape index (κ3) is 4.53. The van der Waals surface area contributed by atoms with Gasteiger partial charge in [0.2, 0.25) is 11.8 Å². The Bertz CT molecular complexity index is 620. The molecule has 0 bridgehead atoms. The van der Waals surface area contributed by atoms with E-state index in [-0.39, 0.29) is 42.2 Å². The minimum Gasteiger partial charge on any atom is -0.338 e. The molecule has 1 saturated heterocycles. The van der Waals surface area contributed by atoms with Crippen molar-refractivity contribution in [2.75, 3.05) is 11.9 Å². The van der Waals surface area contributed by atoms with E-state index in [1.54, 1.807) is 0 Å². The lowest BCUT2D eigenvalue weighted by molar-refractivity contribution is -0.135. The average molecular weight is 366 g/mol. The van der Waals surface area contributed by atoms with E-state index in [1.807, 2.05) is 36.1 Å². The third-order valence-electron chi connectivity index (χ3n) is 5.30. The number of nitrogens with one attached hydrogen (secondary N) is 1. The first-order chi connectivity index (χ1) is 11.6. The van der Waals surface area contributed by atoms with Crippen LogP contribution in [0.15, 0.2) is 24.3 Å². The van der Waals surface area contributed by atoms with Gasteiger partial charge in [-0.1, -0.05) is 18.2 Å². The van der Waals surface area contributed by atoms with Gasteiger partial charge in [-0.05, 0) is 50.7 Å². The summed E-state index contributed by atoms with van der Waals surface area (Å²) < 4.78 is 0. The molecule has 0 saturated carbocycles. The van der Waals surface area contributed by atoms with Gasteiger partial charge in [0, 0.05) is 36.7 Å². The smallest absolute Gasteiger partial charge is 0.227 e. The van der Waals surface area contributed by atoms with Gasteiger partial charge < -0.3 is 16.0 Å². The van der Waals surface area contributed by atoms with Crippen LogP contribution in [0.3, 0.4) is 0 Å². The maximum atomic E-state index is 12.6. The molecular weight excluding hydrogens is 338 g/mol. The Labute approximate surface area is 155 Å². The SMILES string of the molecule is CC(N)C1CCCCN1C(=O)CCC1Cc2ccccc2NC1=O.Cl. The lowest BCUT2D eigenvalue weighted by Gasteiger charge is -2.38. The maximum absolute atomic E-state index is 12.6. The highest BCUT2D eigenvalue weighted by Crippen LogP contribution is 2.28. The Kier molecular flexibility index (Phi) is 6.85. The normalized spacial score (nSPS) is 23.9. The number of likely N-dealkylation sites (tertiary alicyclic amines) is 1. The molecule has 1 fully saturated rings. The zero-order valence-electron chi connectivity index (χ0n) is 14.7. The van der Waals surface area contributed by atoms with E-state index in [9.17, 15) is 9.59 Å². The molecule has 0 aliphatic carbocycles. The van der Waals surface area contributed by atoms with Gasteiger partial charge in [-0.25, -0.2) is 0 Å². The number of nitrogens with two attached hydrogens (primary N) is 1. The Balaban J connectivity index is 0.00000225. The summed E-state index contributed by atoms with van der Waals surface area (Å²) in [5.41, 5.74) is 8.11. The van der Waals surface area contributed by atoms with E-state index in [1.165, 1.54) is 0 Å². The molecule has 2 heterocycles. The van der Waals surface area contributed by atoms with E-state index >= 15 is 0 Å². The number of nitrogens with zero attached hydrogens (tertiary/aromatic N) is 1.